The number of nitrogens with zero attached hydrogens (tertiary/aromatic N) is 1. The molecular weight excluding hydrogens is 478 g/mol. The van der Waals surface area contributed by atoms with E-state index >= 15 is 0 Å². The number of carbonyl (C=O) groups is 2. The Morgan fingerprint density at radius 3 is 2.71 bits per heavy atom. The van der Waals surface area contributed by atoms with Crippen molar-refractivity contribution in [1.29, 1.82) is 0 Å². The molecule has 1 heterocycles. The van der Waals surface area contributed by atoms with Crippen LogP contribution in [0.2, 0.25) is 0 Å². The second-order valence-corrected chi connectivity index (χ2v) is 8.95. The topological polar surface area (TPSA) is 65.0 Å². The van der Waals surface area contributed by atoms with Crippen LogP contribution in [0.15, 0.2) is 58.0 Å². The maximum Gasteiger partial charge on any atom is 0.343 e. The summed E-state index contributed by atoms with van der Waals surface area (Å²) in [5, 5.41) is 0.628. The van der Waals surface area contributed by atoms with Crippen molar-refractivity contribution in [3.05, 3.63) is 80.1 Å². The Hall–Kier alpha value is -2.77. The van der Waals surface area contributed by atoms with Crippen LogP contribution in [0.5, 0.6) is 5.75 Å². The van der Waals surface area contributed by atoms with Gasteiger partial charge in [0.1, 0.15) is 10.8 Å². The van der Waals surface area contributed by atoms with Crippen LogP contribution in [0, 0.1) is 0 Å². The first-order valence-corrected chi connectivity index (χ1v) is 11.6. The molecule has 158 valence electrons. The van der Waals surface area contributed by atoms with E-state index in [2.05, 4.69) is 20.9 Å². The van der Waals surface area contributed by atoms with E-state index in [1.54, 1.807) is 49.5 Å². The molecule has 0 saturated heterocycles. The third-order valence-corrected chi connectivity index (χ3v) is 6.58. The van der Waals surface area contributed by atoms with Gasteiger partial charge in [0.05, 0.1) is 17.7 Å². The number of carbonyl (C=O) groups excluding carboxylic acids is 2. The van der Waals surface area contributed by atoms with Crippen LogP contribution >= 0.6 is 27.3 Å². The van der Waals surface area contributed by atoms with Crippen LogP contribution in [0.1, 0.15) is 50.1 Å². The van der Waals surface area contributed by atoms with Crippen molar-refractivity contribution in [2.45, 2.75) is 26.2 Å². The number of hydrogen-bond acceptors (Lipinski definition) is 6. The number of halogens is 1. The van der Waals surface area contributed by atoms with Gasteiger partial charge >= 0.3 is 11.9 Å². The van der Waals surface area contributed by atoms with Gasteiger partial charge in [0.15, 0.2) is 0 Å². The zero-order valence-electron chi connectivity index (χ0n) is 16.9. The summed E-state index contributed by atoms with van der Waals surface area (Å²) in [6.45, 7) is 2.11. The van der Waals surface area contributed by atoms with E-state index in [4.69, 9.17) is 9.47 Å². The SMILES string of the molecule is CCOC(=O)c1c(N=Cc2cc(Br)ccc2OC(=O)c2ccccc2)sc2c1CCC2. The van der Waals surface area contributed by atoms with Crippen molar-refractivity contribution in [2.24, 2.45) is 4.99 Å². The van der Waals surface area contributed by atoms with Crippen molar-refractivity contribution in [1.82, 2.24) is 0 Å². The number of rotatable bonds is 6. The molecule has 4 rings (SSSR count). The Labute approximate surface area is 192 Å². The molecule has 2 aromatic carbocycles. The second kappa shape index (κ2) is 9.58. The van der Waals surface area contributed by atoms with Crippen LogP contribution < -0.4 is 4.74 Å². The highest BCUT2D eigenvalue weighted by atomic mass is 79.9. The Bertz CT molecular complexity index is 1150. The lowest BCUT2D eigenvalue weighted by atomic mass is 10.1. The molecule has 0 radical (unpaired) electrons. The fraction of sp³-hybridized carbons (Fsp3) is 0.208. The predicted molar refractivity (Wildman–Crippen MR) is 125 cm³/mol. The normalized spacial score (nSPS) is 12.7. The summed E-state index contributed by atoms with van der Waals surface area (Å²) in [6.07, 6.45) is 4.50. The summed E-state index contributed by atoms with van der Waals surface area (Å²) in [5.41, 5.74) is 2.71. The number of aryl methyl sites for hydroxylation is 1. The Balaban J connectivity index is 1.65. The molecule has 0 aliphatic heterocycles. The zero-order chi connectivity index (χ0) is 21.8. The van der Waals surface area contributed by atoms with E-state index in [-0.39, 0.29) is 5.97 Å². The maximum absolute atomic E-state index is 12.6. The molecule has 7 heteroatoms. The van der Waals surface area contributed by atoms with Gasteiger partial charge in [-0.3, -0.25) is 0 Å². The molecule has 0 N–H and O–H groups in total. The average Bonchev–Trinajstić information content (AvgIpc) is 3.35. The molecule has 0 spiro atoms. The van der Waals surface area contributed by atoms with Crippen molar-refractivity contribution in [2.75, 3.05) is 6.61 Å². The molecule has 1 aliphatic rings. The van der Waals surface area contributed by atoms with E-state index in [0.717, 1.165) is 29.3 Å². The quantitative estimate of drug-likeness (QED) is 0.233. The average molecular weight is 498 g/mol. The minimum atomic E-state index is -0.445. The van der Waals surface area contributed by atoms with E-state index in [1.807, 2.05) is 12.1 Å². The Morgan fingerprint density at radius 1 is 1.13 bits per heavy atom. The van der Waals surface area contributed by atoms with Gasteiger partial charge in [-0.2, -0.15) is 0 Å². The summed E-state index contributed by atoms with van der Waals surface area (Å²) in [6, 6.07) is 14.2. The second-order valence-electron chi connectivity index (χ2n) is 6.95. The van der Waals surface area contributed by atoms with Gasteiger partial charge in [-0.15, -0.1) is 11.3 Å². The molecule has 0 saturated carbocycles. The molecule has 0 amide bonds. The van der Waals surface area contributed by atoms with Gasteiger partial charge in [0.25, 0.3) is 0 Å². The standard InChI is InChI=1S/C24H20BrNO4S/c1-2-29-24(28)21-18-9-6-10-20(18)31-22(21)26-14-16-13-17(25)11-12-19(16)30-23(27)15-7-4-3-5-8-15/h3-5,7-8,11-14H,2,6,9-10H2,1H3. The van der Waals surface area contributed by atoms with Crippen molar-refractivity contribution in [3.63, 3.8) is 0 Å². The van der Waals surface area contributed by atoms with Crippen molar-refractivity contribution < 1.29 is 19.1 Å². The lowest BCUT2D eigenvalue weighted by molar-refractivity contribution is 0.0526. The number of aliphatic imine (C=N–C) groups is 1. The van der Waals surface area contributed by atoms with Crippen LogP contribution in [0.3, 0.4) is 0 Å². The fourth-order valence-electron chi connectivity index (χ4n) is 3.47. The number of thiophene rings is 1. The van der Waals surface area contributed by atoms with Gasteiger partial charge in [-0.1, -0.05) is 34.1 Å². The highest BCUT2D eigenvalue weighted by Crippen LogP contribution is 2.41. The largest absolute Gasteiger partial charge is 0.462 e. The van der Waals surface area contributed by atoms with Gasteiger partial charge in [0.2, 0.25) is 0 Å². The third-order valence-electron chi connectivity index (χ3n) is 4.89. The van der Waals surface area contributed by atoms with Crippen LogP contribution in [0.4, 0.5) is 5.00 Å². The summed E-state index contributed by atoms with van der Waals surface area (Å²) >= 11 is 4.98. The number of hydrogen-bond donors (Lipinski definition) is 0. The number of benzene rings is 2. The smallest absolute Gasteiger partial charge is 0.343 e. The zero-order valence-corrected chi connectivity index (χ0v) is 19.3. The van der Waals surface area contributed by atoms with Crippen LogP contribution in [0.25, 0.3) is 0 Å². The summed E-state index contributed by atoms with van der Waals surface area (Å²) < 4.78 is 11.7. The number of ether oxygens (including phenoxy) is 2. The minimum absolute atomic E-state index is 0.317. The monoisotopic (exact) mass is 497 g/mol. The van der Waals surface area contributed by atoms with Crippen LogP contribution in [-0.4, -0.2) is 24.8 Å². The Kier molecular flexibility index (Phi) is 6.63. The molecule has 0 unspecified atom stereocenters. The summed E-state index contributed by atoms with van der Waals surface area (Å²) in [4.78, 5) is 30.9. The summed E-state index contributed by atoms with van der Waals surface area (Å²) in [5.74, 6) is -0.388. The first kappa shape index (κ1) is 21.5. The molecule has 1 aromatic heterocycles. The van der Waals surface area contributed by atoms with E-state index in [0.29, 0.717) is 34.0 Å². The first-order chi connectivity index (χ1) is 15.1. The molecule has 0 bridgehead atoms. The summed E-state index contributed by atoms with van der Waals surface area (Å²) in [7, 11) is 0. The minimum Gasteiger partial charge on any atom is -0.462 e. The highest BCUT2D eigenvalue weighted by Gasteiger charge is 2.27. The molecule has 1 aliphatic carbocycles. The molecule has 3 aromatic rings. The van der Waals surface area contributed by atoms with Crippen LogP contribution in [-0.2, 0) is 17.6 Å². The third kappa shape index (κ3) is 4.78. The van der Waals surface area contributed by atoms with E-state index < -0.39 is 5.97 Å². The Morgan fingerprint density at radius 2 is 1.94 bits per heavy atom. The van der Waals surface area contributed by atoms with Gasteiger partial charge < -0.3 is 9.47 Å². The molecular formula is C24H20BrNO4S. The van der Waals surface area contributed by atoms with Gasteiger partial charge in [-0.05, 0) is 62.1 Å². The van der Waals surface area contributed by atoms with Gasteiger partial charge in [-0.25, -0.2) is 14.6 Å². The number of esters is 2. The molecule has 0 atom stereocenters. The van der Waals surface area contributed by atoms with E-state index in [1.165, 1.54) is 16.2 Å². The van der Waals surface area contributed by atoms with Crippen molar-refractivity contribution in [3.8, 4) is 5.75 Å². The first-order valence-electron chi connectivity index (χ1n) is 9.99. The lowest BCUT2D eigenvalue weighted by Crippen LogP contribution is -2.09. The van der Waals surface area contributed by atoms with Crippen molar-refractivity contribution >= 4 is 50.4 Å². The molecule has 0 fully saturated rings. The maximum atomic E-state index is 12.6. The highest BCUT2D eigenvalue weighted by molar-refractivity contribution is 9.10. The number of fused-ring (bicyclic) bond motifs is 1. The fourth-order valence-corrected chi connectivity index (χ4v) is 5.07. The van der Waals surface area contributed by atoms with E-state index in [9.17, 15) is 9.59 Å². The molecule has 5 nitrogen and oxygen atoms in total. The van der Waals surface area contributed by atoms with Gasteiger partial charge in [0, 0.05) is 21.1 Å². The molecule has 31 heavy (non-hydrogen) atoms. The predicted octanol–water partition coefficient (Wildman–Crippen LogP) is 6.15. The lowest BCUT2D eigenvalue weighted by Gasteiger charge is -2.08.